The van der Waals surface area contributed by atoms with Crippen LogP contribution in [-0.2, 0) is 0 Å². The molecule has 0 aromatic heterocycles. The predicted molar refractivity (Wildman–Crippen MR) is 46.6 cm³/mol. The van der Waals surface area contributed by atoms with E-state index in [1.54, 1.807) is 0 Å². The third-order valence-electron chi connectivity index (χ3n) is 1.45. The minimum atomic E-state index is 0.165. The summed E-state index contributed by atoms with van der Waals surface area (Å²) >= 11 is 0. The Morgan fingerprint density at radius 1 is 1.10 bits per heavy atom. The van der Waals surface area contributed by atoms with Crippen molar-refractivity contribution in [3.63, 3.8) is 0 Å². The Hall–Kier alpha value is -0.0400. The zero-order valence-electron chi connectivity index (χ0n) is 7.91. The summed E-state index contributed by atoms with van der Waals surface area (Å²) in [5.74, 6) is 0. The van der Waals surface area contributed by atoms with E-state index in [0.717, 1.165) is 6.42 Å². The van der Waals surface area contributed by atoms with Crippen LogP contribution >= 0.6 is 0 Å². The van der Waals surface area contributed by atoms with Crippen LogP contribution in [0.3, 0.4) is 0 Å². The minimum Gasteiger partial charge on any atom is -0.311 e. The summed E-state index contributed by atoms with van der Waals surface area (Å²) in [4.78, 5) is 0. The molecule has 1 heteroatoms. The lowest BCUT2D eigenvalue weighted by Crippen LogP contribution is -2.38. The molecular weight excluding hydrogens is 122 g/mol. The van der Waals surface area contributed by atoms with Gasteiger partial charge >= 0.3 is 0 Å². The highest BCUT2D eigenvalue weighted by molar-refractivity contribution is 4.82. The summed E-state index contributed by atoms with van der Waals surface area (Å²) in [6.07, 6.45) is 1.14. The Kier molecular flexibility index (Phi) is 2.90. The first-order valence-electron chi connectivity index (χ1n) is 3.81. The van der Waals surface area contributed by atoms with Crippen LogP contribution in [0.25, 0.3) is 0 Å². The van der Waals surface area contributed by atoms with Crippen LogP contribution in [0.2, 0.25) is 0 Å². The molecule has 0 aliphatic rings. The zero-order chi connectivity index (χ0) is 8.41. The Bertz CT molecular complexity index is 97.8. The lowest BCUT2D eigenvalue weighted by molar-refractivity contribution is 0.260. The van der Waals surface area contributed by atoms with Crippen molar-refractivity contribution in [2.75, 3.05) is 0 Å². The lowest BCUT2D eigenvalue weighted by Gasteiger charge is -2.31. The maximum atomic E-state index is 3.69. The van der Waals surface area contributed by atoms with Crippen LogP contribution in [0.4, 0.5) is 0 Å². The van der Waals surface area contributed by atoms with Crippen LogP contribution in [0, 0.1) is 12.5 Å². The fourth-order valence-corrected chi connectivity index (χ4v) is 1.39. The van der Waals surface area contributed by atoms with E-state index in [4.69, 9.17) is 0 Å². The minimum absolute atomic E-state index is 0.165. The van der Waals surface area contributed by atoms with Crippen molar-refractivity contribution < 1.29 is 0 Å². The van der Waals surface area contributed by atoms with E-state index in [0.29, 0.717) is 5.41 Å². The van der Waals surface area contributed by atoms with Gasteiger partial charge in [-0.25, -0.2) is 0 Å². The van der Waals surface area contributed by atoms with Gasteiger partial charge in [-0.3, -0.25) is 0 Å². The van der Waals surface area contributed by atoms with Gasteiger partial charge in [-0.15, -0.1) is 0 Å². The normalized spacial score (nSPS) is 13.8. The van der Waals surface area contributed by atoms with Gasteiger partial charge in [-0.2, -0.15) is 0 Å². The topological polar surface area (TPSA) is 12.0 Å². The molecule has 0 aliphatic carbocycles. The second-order valence-electron chi connectivity index (χ2n) is 4.80. The molecule has 0 atom stereocenters. The molecule has 0 saturated carbocycles. The van der Waals surface area contributed by atoms with E-state index < -0.39 is 0 Å². The largest absolute Gasteiger partial charge is 0.311 e. The molecule has 0 aromatic rings. The van der Waals surface area contributed by atoms with Gasteiger partial charge in [0.15, 0.2) is 0 Å². The second kappa shape index (κ2) is 2.91. The number of hydrogen-bond acceptors (Lipinski definition) is 1. The first kappa shape index (κ1) is 9.96. The summed E-state index contributed by atoms with van der Waals surface area (Å²) in [6, 6.07) is 0. The molecule has 0 unspecified atom stereocenters. The summed E-state index contributed by atoms with van der Waals surface area (Å²) in [7, 11) is 3.69. The van der Waals surface area contributed by atoms with E-state index >= 15 is 0 Å². The predicted octanol–water partition coefficient (Wildman–Crippen LogP) is 2.58. The summed E-state index contributed by atoms with van der Waals surface area (Å²) in [5.41, 5.74) is 0.548. The zero-order valence-corrected chi connectivity index (χ0v) is 7.91. The van der Waals surface area contributed by atoms with Crippen molar-refractivity contribution in [1.82, 2.24) is 5.32 Å². The number of hydrogen-bond donors (Lipinski definition) is 1. The van der Waals surface area contributed by atoms with Gasteiger partial charge in [-0.1, -0.05) is 20.8 Å². The van der Waals surface area contributed by atoms with Crippen molar-refractivity contribution >= 4 is 0 Å². The van der Waals surface area contributed by atoms with Crippen molar-refractivity contribution in [1.29, 1.82) is 0 Å². The van der Waals surface area contributed by atoms with E-state index in [1.807, 2.05) is 0 Å². The summed E-state index contributed by atoms with van der Waals surface area (Å²) in [5, 5.41) is 3.05. The molecule has 0 rings (SSSR count). The molecule has 0 fully saturated rings. The van der Waals surface area contributed by atoms with Crippen molar-refractivity contribution in [2.24, 2.45) is 5.41 Å². The smallest absolute Gasteiger partial charge is 0.0130 e. The quantitative estimate of drug-likeness (QED) is 0.625. The first-order chi connectivity index (χ1) is 4.27. The van der Waals surface area contributed by atoms with Gasteiger partial charge < -0.3 is 5.32 Å². The van der Waals surface area contributed by atoms with Crippen LogP contribution in [0.15, 0.2) is 0 Å². The van der Waals surface area contributed by atoms with Gasteiger partial charge in [0.2, 0.25) is 0 Å². The molecule has 0 saturated heterocycles. The molecule has 0 heterocycles. The van der Waals surface area contributed by atoms with Gasteiger partial charge in [0, 0.05) is 12.6 Å². The fourth-order valence-electron chi connectivity index (χ4n) is 1.39. The summed E-state index contributed by atoms with van der Waals surface area (Å²) < 4.78 is 0. The summed E-state index contributed by atoms with van der Waals surface area (Å²) in [6.45, 7) is 11.1. The molecule has 10 heavy (non-hydrogen) atoms. The highest BCUT2D eigenvalue weighted by atomic mass is 14.9. The average Bonchev–Trinajstić information content (AvgIpc) is 1.60. The van der Waals surface area contributed by atoms with E-state index in [-0.39, 0.29) is 5.54 Å². The van der Waals surface area contributed by atoms with Gasteiger partial charge in [-0.05, 0) is 25.7 Å². The molecule has 0 aliphatic heterocycles. The van der Waals surface area contributed by atoms with E-state index in [9.17, 15) is 0 Å². The number of nitrogens with one attached hydrogen (secondary N) is 1. The Labute approximate surface area is 65.2 Å². The second-order valence-corrected chi connectivity index (χ2v) is 4.80. The van der Waals surface area contributed by atoms with Crippen LogP contribution in [0.1, 0.15) is 41.0 Å². The van der Waals surface area contributed by atoms with Gasteiger partial charge in [0.25, 0.3) is 0 Å². The van der Waals surface area contributed by atoms with Crippen molar-refractivity contribution in [2.45, 2.75) is 46.6 Å². The van der Waals surface area contributed by atoms with E-state index in [1.165, 1.54) is 0 Å². The van der Waals surface area contributed by atoms with Gasteiger partial charge in [0.1, 0.15) is 0 Å². The monoisotopic (exact) mass is 142 g/mol. The molecule has 0 amide bonds. The Balaban J connectivity index is 3.89. The molecule has 61 valence electrons. The fraction of sp³-hybridized carbons (Fsp3) is 0.889. The van der Waals surface area contributed by atoms with Crippen LogP contribution < -0.4 is 5.32 Å². The Morgan fingerprint density at radius 2 is 1.50 bits per heavy atom. The van der Waals surface area contributed by atoms with Crippen LogP contribution in [-0.4, -0.2) is 5.54 Å². The molecule has 1 radical (unpaired) electrons. The lowest BCUT2D eigenvalue weighted by atomic mass is 9.82. The third kappa shape index (κ3) is 4.80. The van der Waals surface area contributed by atoms with E-state index in [2.05, 4.69) is 47.0 Å². The maximum absolute atomic E-state index is 3.69. The SMILES string of the molecule is [CH2]NC(C)(C)CC(C)(C)C. The third-order valence-corrected chi connectivity index (χ3v) is 1.45. The number of rotatable bonds is 2. The highest BCUT2D eigenvalue weighted by Gasteiger charge is 2.22. The Morgan fingerprint density at radius 3 is 1.60 bits per heavy atom. The van der Waals surface area contributed by atoms with Crippen molar-refractivity contribution in [3.05, 3.63) is 7.05 Å². The first-order valence-corrected chi connectivity index (χ1v) is 3.81. The standard InChI is InChI=1S/C9H20N/c1-8(2,3)7-9(4,5)10-6/h10H,6-7H2,1-5H3. The highest BCUT2D eigenvalue weighted by Crippen LogP contribution is 2.26. The molecule has 1 N–H and O–H groups in total. The molecule has 0 bridgehead atoms. The van der Waals surface area contributed by atoms with Gasteiger partial charge in [0.05, 0.1) is 0 Å². The van der Waals surface area contributed by atoms with Crippen molar-refractivity contribution in [3.8, 4) is 0 Å². The molecule has 1 nitrogen and oxygen atoms in total. The molecule has 0 aromatic carbocycles. The van der Waals surface area contributed by atoms with Crippen LogP contribution in [0.5, 0.6) is 0 Å². The maximum Gasteiger partial charge on any atom is 0.0130 e. The molecule has 0 spiro atoms. The molecular formula is C9H20N. The average molecular weight is 142 g/mol.